The van der Waals surface area contributed by atoms with Crippen molar-refractivity contribution in [2.24, 2.45) is 0 Å². The molecule has 24 heavy (non-hydrogen) atoms. The molecule has 2 heterocycles. The lowest BCUT2D eigenvalue weighted by Crippen LogP contribution is -2.49. The monoisotopic (exact) mass is 350 g/mol. The SMILES string of the molecule is Cc1nnc(CN2CCN(S(=O)(=O)CCc3ccccc3)CC2)o1. The molecule has 0 bridgehead atoms. The molecule has 130 valence electrons. The van der Waals surface area contributed by atoms with Crippen molar-refractivity contribution < 1.29 is 12.8 Å². The molecular formula is C16H22N4O3S. The van der Waals surface area contributed by atoms with Crippen molar-refractivity contribution in [2.75, 3.05) is 31.9 Å². The summed E-state index contributed by atoms with van der Waals surface area (Å²) in [5, 5.41) is 7.79. The van der Waals surface area contributed by atoms with Crippen LogP contribution in [0.1, 0.15) is 17.3 Å². The van der Waals surface area contributed by atoms with Crippen LogP contribution in [0.25, 0.3) is 0 Å². The Morgan fingerprint density at radius 1 is 1.08 bits per heavy atom. The second kappa shape index (κ2) is 7.42. The van der Waals surface area contributed by atoms with Gasteiger partial charge in [-0.05, 0) is 12.0 Å². The lowest BCUT2D eigenvalue weighted by atomic mass is 10.2. The molecule has 3 rings (SSSR count). The molecule has 1 aromatic heterocycles. The minimum Gasteiger partial charge on any atom is -0.424 e. The molecule has 0 amide bonds. The van der Waals surface area contributed by atoms with E-state index in [0.29, 0.717) is 50.9 Å². The lowest BCUT2D eigenvalue weighted by molar-refractivity contribution is 0.167. The van der Waals surface area contributed by atoms with Crippen molar-refractivity contribution in [1.82, 2.24) is 19.4 Å². The number of aryl methyl sites for hydroxylation is 2. The molecule has 8 heteroatoms. The predicted octanol–water partition coefficient (Wildman–Crippen LogP) is 1.07. The first kappa shape index (κ1) is 17.1. The van der Waals surface area contributed by atoms with Gasteiger partial charge in [0.2, 0.25) is 21.8 Å². The zero-order valence-electron chi connectivity index (χ0n) is 13.8. The highest BCUT2D eigenvalue weighted by Crippen LogP contribution is 2.12. The highest BCUT2D eigenvalue weighted by atomic mass is 32.2. The Morgan fingerprint density at radius 2 is 1.79 bits per heavy atom. The summed E-state index contributed by atoms with van der Waals surface area (Å²) in [5.41, 5.74) is 1.05. The van der Waals surface area contributed by atoms with E-state index in [0.717, 1.165) is 5.56 Å². The van der Waals surface area contributed by atoms with Crippen LogP contribution in [0.4, 0.5) is 0 Å². The largest absolute Gasteiger partial charge is 0.424 e. The third kappa shape index (κ3) is 4.40. The summed E-state index contributed by atoms with van der Waals surface area (Å²) in [7, 11) is -3.22. The van der Waals surface area contributed by atoms with Crippen LogP contribution >= 0.6 is 0 Å². The zero-order chi connectivity index (χ0) is 17.0. The first-order chi connectivity index (χ1) is 11.5. The van der Waals surface area contributed by atoms with E-state index in [1.807, 2.05) is 30.3 Å². The summed E-state index contributed by atoms with van der Waals surface area (Å²) in [6.45, 7) is 4.68. The van der Waals surface area contributed by atoms with E-state index in [2.05, 4.69) is 15.1 Å². The maximum absolute atomic E-state index is 12.5. The number of sulfonamides is 1. The molecule has 0 radical (unpaired) electrons. The summed E-state index contributed by atoms with van der Waals surface area (Å²) in [5.74, 6) is 1.28. The smallest absolute Gasteiger partial charge is 0.230 e. The zero-order valence-corrected chi connectivity index (χ0v) is 14.6. The van der Waals surface area contributed by atoms with Gasteiger partial charge in [0.05, 0.1) is 12.3 Å². The van der Waals surface area contributed by atoms with Crippen LogP contribution < -0.4 is 0 Å². The van der Waals surface area contributed by atoms with Gasteiger partial charge in [0.15, 0.2) is 0 Å². The van der Waals surface area contributed by atoms with E-state index in [1.54, 1.807) is 11.2 Å². The molecule has 0 N–H and O–H groups in total. The van der Waals surface area contributed by atoms with Crippen LogP contribution in [0.5, 0.6) is 0 Å². The Labute approximate surface area is 142 Å². The average molecular weight is 350 g/mol. The molecule has 1 aliphatic rings. The number of nitrogens with zero attached hydrogens (tertiary/aromatic N) is 4. The van der Waals surface area contributed by atoms with E-state index in [1.165, 1.54) is 0 Å². The second-order valence-corrected chi connectivity index (χ2v) is 8.03. The van der Waals surface area contributed by atoms with Gasteiger partial charge in [-0.15, -0.1) is 10.2 Å². The summed E-state index contributed by atoms with van der Waals surface area (Å²) >= 11 is 0. The molecule has 1 fully saturated rings. The number of piperazine rings is 1. The Bertz CT molecular complexity index is 753. The fourth-order valence-corrected chi connectivity index (χ4v) is 4.25. The molecule has 0 spiro atoms. The molecule has 2 aromatic rings. The van der Waals surface area contributed by atoms with E-state index in [-0.39, 0.29) is 5.75 Å². The molecule has 7 nitrogen and oxygen atoms in total. The number of aromatic nitrogens is 2. The van der Waals surface area contributed by atoms with Gasteiger partial charge in [0.25, 0.3) is 0 Å². The minimum atomic E-state index is -3.22. The quantitative estimate of drug-likeness (QED) is 0.775. The third-order valence-corrected chi connectivity index (χ3v) is 6.01. The molecule has 1 aromatic carbocycles. The van der Waals surface area contributed by atoms with E-state index in [4.69, 9.17) is 4.42 Å². The van der Waals surface area contributed by atoms with Gasteiger partial charge < -0.3 is 4.42 Å². The summed E-state index contributed by atoms with van der Waals surface area (Å²) in [4.78, 5) is 2.14. The van der Waals surface area contributed by atoms with Gasteiger partial charge in [0, 0.05) is 33.1 Å². The molecule has 0 atom stereocenters. The average Bonchev–Trinajstić information content (AvgIpc) is 2.99. The molecule has 1 aliphatic heterocycles. The van der Waals surface area contributed by atoms with Crippen LogP contribution in [-0.2, 0) is 23.0 Å². The maximum atomic E-state index is 12.5. The van der Waals surface area contributed by atoms with Crippen molar-refractivity contribution in [1.29, 1.82) is 0 Å². The van der Waals surface area contributed by atoms with Gasteiger partial charge in [-0.25, -0.2) is 8.42 Å². The summed E-state index contributed by atoms with van der Waals surface area (Å²) < 4.78 is 31.9. The number of hydrogen-bond acceptors (Lipinski definition) is 6. The van der Waals surface area contributed by atoms with Gasteiger partial charge >= 0.3 is 0 Å². The van der Waals surface area contributed by atoms with Gasteiger partial charge in [0.1, 0.15) is 0 Å². The van der Waals surface area contributed by atoms with Crippen LogP contribution in [-0.4, -0.2) is 59.8 Å². The van der Waals surface area contributed by atoms with Gasteiger partial charge in [-0.2, -0.15) is 4.31 Å². The highest BCUT2D eigenvalue weighted by Gasteiger charge is 2.27. The minimum absolute atomic E-state index is 0.153. The van der Waals surface area contributed by atoms with Crippen molar-refractivity contribution in [3.8, 4) is 0 Å². The van der Waals surface area contributed by atoms with E-state index >= 15 is 0 Å². The van der Waals surface area contributed by atoms with Crippen molar-refractivity contribution in [2.45, 2.75) is 19.9 Å². The molecular weight excluding hydrogens is 328 g/mol. The fourth-order valence-electron chi connectivity index (χ4n) is 2.78. The van der Waals surface area contributed by atoms with Gasteiger partial charge in [-0.3, -0.25) is 4.90 Å². The molecule has 0 unspecified atom stereocenters. The Hall–Kier alpha value is -1.77. The standard InChI is InChI=1S/C16H22N4O3S/c1-14-17-18-16(23-14)13-19-8-10-20(11-9-19)24(21,22)12-7-15-5-3-2-4-6-15/h2-6H,7-13H2,1H3. The number of benzene rings is 1. The lowest BCUT2D eigenvalue weighted by Gasteiger charge is -2.33. The topological polar surface area (TPSA) is 79.5 Å². The van der Waals surface area contributed by atoms with Gasteiger partial charge in [-0.1, -0.05) is 30.3 Å². The predicted molar refractivity (Wildman–Crippen MR) is 89.8 cm³/mol. The molecule has 0 aliphatic carbocycles. The summed E-state index contributed by atoms with van der Waals surface area (Å²) in [6.07, 6.45) is 0.546. The number of rotatable bonds is 6. The summed E-state index contributed by atoms with van der Waals surface area (Å²) in [6, 6.07) is 9.71. The fraction of sp³-hybridized carbons (Fsp3) is 0.500. The Morgan fingerprint density at radius 3 is 2.42 bits per heavy atom. The molecule has 0 saturated carbocycles. The first-order valence-corrected chi connectivity index (χ1v) is 9.67. The third-order valence-electron chi connectivity index (χ3n) is 4.14. The highest BCUT2D eigenvalue weighted by molar-refractivity contribution is 7.89. The van der Waals surface area contributed by atoms with Crippen LogP contribution in [0.3, 0.4) is 0 Å². The van der Waals surface area contributed by atoms with E-state index < -0.39 is 10.0 Å². The number of hydrogen-bond donors (Lipinski definition) is 0. The Balaban J connectivity index is 1.49. The second-order valence-electron chi connectivity index (χ2n) is 5.94. The van der Waals surface area contributed by atoms with Crippen molar-refractivity contribution in [3.63, 3.8) is 0 Å². The Kier molecular flexibility index (Phi) is 5.27. The normalized spacial score (nSPS) is 17.2. The van der Waals surface area contributed by atoms with Crippen molar-refractivity contribution >= 4 is 10.0 Å². The van der Waals surface area contributed by atoms with Crippen LogP contribution in [0, 0.1) is 6.92 Å². The maximum Gasteiger partial charge on any atom is 0.230 e. The first-order valence-electron chi connectivity index (χ1n) is 8.06. The van der Waals surface area contributed by atoms with Crippen LogP contribution in [0.15, 0.2) is 34.7 Å². The van der Waals surface area contributed by atoms with Crippen LogP contribution in [0.2, 0.25) is 0 Å². The van der Waals surface area contributed by atoms with E-state index in [9.17, 15) is 8.42 Å². The molecule has 1 saturated heterocycles. The van der Waals surface area contributed by atoms with Crippen molar-refractivity contribution in [3.05, 3.63) is 47.7 Å².